The lowest BCUT2D eigenvalue weighted by Crippen LogP contribution is -2.21. The number of nitrogens with one attached hydrogen (secondary N) is 2. The molecular formula is C14H12ClN7O2. The molecular weight excluding hydrogens is 334 g/mol. The molecule has 3 aromatic rings. The molecule has 0 unspecified atom stereocenters. The van der Waals surface area contributed by atoms with Crippen LogP contribution in [0.2, 0.25) is 5.02 Å². The monoisotopic (exact) mass is 345 g/mol. The molecule has 0 atom stereocenters. The predicted molar refractivity (Wildman–Crippen MR) is 88.0 cm³/mol. The van der Waals surface area contributed by atoms with E-state index in [0.29, 0.717) is 10.7 Å². The van der Waals surface area contributed by atoms with E-state index in [4.69, 9.17) is 17.3 Å². The van der Waals surface area contributed by atoms with Crippen LogP contribution in [0.25, 0.3) is 5.65 Å². The Morgan fingerprint density at radius 2 is 2.00 bits per heavy atom. The number of rotatable bonds is 3. The largest absolute Gasteiger partial charge is 0.383 e. The molecule has 0 saturated heterocycles. The number of halogens is 1. The Morgan fingerprint density at radius 1 is 1.21 bits per heavy atom. The lowest BCUT2D eigenvalue weighted by atomic mass is 10.3. The van der Waals surface area contributed by atoms with Gasteiger partial charge in [-0.2, -0.15) is 0 Å². The molecule has 2 amide bonds. The molecule has 0 fully saturated rings. The van der Waals surface area contributed by atoms with Crippen molar-refractivity contribution in [1.29, 1.82) is 0 Å². The van der Waals surface area contributed by atoms with E-state index in [-0.39, 0.29) is 22.9 Å². The van der Waals surface area contributed by atoms with Gasteiger partial charge in [0.2, 0.25) is 0 Å². The molecule has 0 radical (unpaired) electrons. The lowest BCUT2D eigenvalue weighted by molar-refractivity contribution is 0.0959. The number of nitrogens with zero attached hydrogens (tertiary/aromatic N) is 4. The number of imidazole rings is 1. The third-order valence-corrected chi connectivity index (χ3v) is 3.46. The van der Waals surface area contributed by atoms with Gasteiger partial charge in [-0.05, 0) is 18.2 Å². The van der Waals surface area contributed by atoms with Crippen LogP contribution in [0.4, 0.5) is 11.5 Å². The summed E-state index contributed by atoms with van der Waals surface area (Å²) in [6, 6.07) is 6.64. The maximum atomic E-state index is 12.3. The van der Waals surface area contributed by atoms with E-state index < -0.39 is 11.8 Å². The fourth-order valence-electron chi connectivity index (χ4n) is 2.07. The van der Waals surface area contributed by atoms with Gasteiger partial charge in [0.25, 0.3) is 11.8 Å². The molecule has 10 heteroatoms. The minimum atomic E-state index is -0.556. The Balaban J connectivity index is 1.97. The van der Waals surface area contributed by atoms with E-state index in [0.717, 1.165) is 0 Å². The Hall–Kier alpha value is -3.20. The van der Waals surface area contributed by atoms with E-state index in [1.165, 1.54) is 17.8 Å². The second-order valence-corrected chi connectivity index (χ2v) is 5.20. The summed E-state index contributed by atoms with van der Waals surface area (Å²) in [5, 5.41) is 13.2. The van der Waals surface area contributed by atoms with Crippen LogP contribution in [0.15, 0.2) is 30.6 Å². The quantitative estimate of drug-likeness (QED) is 0.649. The highest BCUT2D eigenvalue weighted by molar-refractivity contribution is 6.31. The first kappa shape index (κ1) is 15.7. The van der Waals surface area contributed by atoms with Gasteiger partial charge in [0.05, 0.1) is 0 Å². The molecule has 2 heterocycles. The second kappa shape index (κ2) is 6.13. The molecule has 24 heavy (non-hydrogen) atoms. The molecule has 9 nitrogen and oxygen atoms in total. The highest BCUT2D eigenvalue weighted by atomic mass is 35.5. The molecule has 0 saturated carbocycles. The van der Waals surface area contributed by atoms with Crippen molar-refractivity contribution in [3.8, 4) is 0 Å². The molecule has 0 aliphatic rings. The molecule has 0 spiro atoms. The van der Waals surface area contributed by atoms with Crippen LogP contribution in [-0.2, 0) is 0 Å². The number of benzene rings is 1. The van der Waals surface area contributed by atoms with Crippen molar-refractivity contribution in [2.45, 2.75) is 0 Å². The smallest absolute Gasteiger partial charge is 0.279 e. The zero-order valence-electron chi connectivity index (χ0n) is 12.4. The summed E-state index contributed by atoms with van der Waals surface area (Å²) < 4.78 is 1.32. The van der Waals surface area contributed by atoms with Crippen molar-refractivity contribution in [2.75, 3.05) is 18.1 Å². The number of fused-ring (bicyclic) bond motifs is 1. The van der Waals surface area contributed by atoms with Gasteiger partial charge in [-0.1, -0.05) is 17.7 Å². The third-order valence-electron chi connectivity index (χ3n) is 3.23. The number of carbonyl (C=O) groups excluding carboxylic acids is 2. The van der Waals surface area contributed by atoms with Crippen LogP contribution in [0.3, 0.4) is 0 Å². The average molecular weight is 346 g/mol. The number of amides is 2. The van der Waals surface area contributed by atoms with Crippen LogP contribution in [0.5, 0.6) is 0 Å². The number of hydrogen-bond acceptors (Lipinski definition) is 6. The van der Waals surface area contributed by atoms with Crippen molar-refractivity contribution in [2.24, 2.45) is 0 Å². The zero-order valence-corrected chi connectivity index (χ0v) is 13.2. The molecule has 2 aromatic heterocycles. The first-order valence-corrected chi connectivity index (χ1v) is 7.17. The van der Waals surface area contributed by atoms with Gasteiger partial charge in [-0.15, -0.1) is 10.2 Å². The van der Waals surface area contributed by atoms with Crippen molar-refractivity contribution < 1.29 is 9.59 Å². The number of nitrogen functional groups attached to an aromatic ring is 1. The maximum absolute atomic E-state index is 12.3. The number of hydrogen-bond donors (Lipinski definition) is 3. The van der Waals surface area contributed by atoms with E-state index >= 15 is 0 Å². The minimum Gasteiger partial charge on any atom is -0.383 e. The summed E-state index contributed by atoms with van der Waals surface area (Å²) in [4.78, 5) is 28.0. The van der Waals surface area contributed by atoms with Gasteiger partial charge in [0.1, 0.15) is 12.1 Å². The topological polar surface area (TPSA) is 127 Å². The molecule has 1 aromatic carbocycles. The van der Waals surface area contributed by atoms with Crippen molar-refractivity contribution in [3.63, 3.8) is 0 Å². The van der Waals surface area contributed by atoms with E-state index in [1.807, 2.05) is 0 Å². The van der Waals surface area contributed by atoms with Crippen molar-refractivity contribution in [3.05, 3.63) is 47.0 Å². The summed E-state index contributed by atoms with van der Waals surface area (Å²) in [6.07, 6.45) is 1.31. The van der Waals surface area contributed by atoms with E-state index in [1.54, 1.807) is 24.3 Å². The summed E-state index contributed by atoms with van der Waals surface area (Å²) in [5.74, 6) is -0.969. The Kier molecular flexibility index (Phi) is 4.00. The molecule has 0 aliphatic carbocycles. The summed E-state index contributed by atoms with van der Waals surface area (Å²) in [6.45, 7) is 0. The second-order valence-electron chi connectivity index (χ2n) is 4.76. The standard InChI is InChI=1S/C14H12ClN7O2/c1-17-13(23)10-12-21-20-9(11(16)22(12)6-18-10)14(24)19-8-4-2-3-7(15)5-8/h2-6H,16H2,1H3,(H,17,23)(H,19,24). The average Bonchev–Trinajstić information content (AvgIpc) is 2.99. The van der Waals surface area contributed by atoms with E-state index in [2.05, 4.69) is 25.8 Å². The minimum absolute atomic E-state index is 0.0159. The predicted octanol–water partition coefficient (Wildman–Crippen LogP) is 0.972. The normalized spacial score (nSPS) is 10.6. The summed E-state index contributed by atoms with van der Waals surface area (Å²) >= 11 is 5.88. The fraction of sp³-hybridized carbons (Fsp3) is 0.0714. The van der Waals surface area contributed by atoms with Gasteiger partial charge in [0, 0.05) is 17.8 Å². The van der Waals surface area contributed by atoms with Crippen LogP contribution < -0.4 is 16.4 Å². The SMILES string of the molecule is CNC(=O)c1ncn2c(N)c(C(=O)Nc3cccc(Cl)c3)nnc12. The highest BCUT2D eigenvalue weighted by Gasteiger charge is 2.20. The lowest BCUT2D eigenvalue weighted by Gasteiger charge is -2.08. The molecule has 4 N–H and O–H groups in total. The zero-order chi connectivity index (χ0) is 17.3. The number of anilines is 2. The first-order valence-electron chi connectivity index (χ1n) is 6.79. The summed E-state index contributed by atoms with van der Waals surface area (Å²) in [5.41, 5.74) is 6.58. The first-order chi connectivity index (χ1) is 11.5. The highest BCUT2D eigenvalue weighted by Crippen LogP contribution is 2.18. The van der Waals surface area contributed by atoms with Gasteiger partial charge in [-0.3, -0.25) is 14.0 Å². The van der Waals surface area contributed by atoms with Gasteiger partial charge >= 0.3 is 0 Å². The Morgan fingerprint density at radius 3 is 2.71 bits per heavy atom. The molecule has 122 valence electrons. The van der Waals surface area contributed by atoms with Crippen LogP contribution in [-0.4, -0.2) is 38.4 Å². The van der Waals surface area contributed by atoms with Crippen LogP contribution >= 0.6 is 11.6 Å². The van der Waals surface area contributed by atoms with Crippen LogP contribution in [0.1, 0.15) is 21.0 Å². The van der Waals surface area contributed by atoms with Gasteiger partial charge in [0.15, 0.2) is 17.0 Å². The van der Waals surface area contributed by atoms with Crippen molar-refractivity contribution in [1.82, 2.24) is 24.9 Å². The Bertz CT molecular complexity index is 953. The number of nitrogens with two attached hydrogens (primary N) is 1. The third kappa shape index (κ3) is 2.72. The molecule has 0 aliphatic heterocycles. The molecule has 0 bridgehead atoms. The van der Waals surface area contributed by atoms with Gasteiger partial charge in [-0.25, -0.2) is 4.98 Å². The Labute approximate surface area is 140 Å². The fourth-order valence-corrected chi connectivity index (χ4v) is 2.26. The van der Waals surface area contributed by atoms with Crippen LogP contribution in [0, 0.1) is 0 Å². The maximum Gasteiger partial charge on any atom is 0.279 e. The number of carbonyl (C=O) groups is 2. The summed E-state index contributed by atoms with van der Waals surface area (Å²) in [7, 11) is 1.47. The van der Waals surface area contributed by atoms with Crippen molar-refractivity contribution >= 4 is 40.6 Å². The molecule has 3 rings (SSSR count). The van der Waals surface area contributed by atoms with Gasteiger partial charge < -0.3 is 16.4 Å². The van der Waals surface area contributed by atoms with E-state index in [9.17, 15) is 9.59 Å². The number of aromatic nitrogens is 4.